The molecule has 8 nitrogen and oxygen atoms in total. The molecule has 2 aliphatic rings. The van der Waals surface area contributed by atoms with Gasteiger partial charge in [-0.2, -0.15) is 0 Å². The highest BCUT2D eigenvalue weighted by Crippen LogP contribution is 2.34. The Kier molecular flexibility index (Phi) is 4.34. The number of aryl methyl sites for hydroxylation is 1. The minimum atomic E-state index is -0.273. The molecule has 0 spiro atoms. The van der Waals surface area contributed by atoms with Crippen LogP contribution in [0.1, 0.15) is 16.3 Å². The maximum absolute atomic E-state index is 12.7. The van der Waals surface area contributed by atoms with Crippen molar-refractivity contribution in [3.63, 3.8) is 0 Å². The third-order valence-electron chi connectivity index (χ3n) is 4.51. The average molecular weight is 355 g/mol. The number of likely N-dealkylation sites (N-methyl/N-ethyl adjacent to an activating group) is 1. The lowest BCUT2D eigenvalue weighted by Gasteiger charge is -2.33. The third kappa shape index (κ3) is 3.41. The third-order valence-corrected chi connectivity index (χ3v) is 4.51. The molecule has 26 heavy (non-hydrogen) atoms. The summed E-state index contributed by atoms with van der Waals surface area (Å²) in [5.41, 5.74) is 0.987. The van der Waals surface area contributed by atoms with Gasteiger partial charge in [0.1, 0.15) is 17.3 Å². The number of fused-ring (bicyclic) bond motifs is 1. The van der Waals surface area contributed by atoms with Gasteiger partial charge in [0.05, 0.1) is 0 Å². The summed E-state index contributed by atoms with van der Waals surface area (Å²) in [4.78, 5) is 25.9. The van der Waals surface area contributed by atoms with Crippen molar-refractivity contribution >= 4 is 17.4 Å². The van der Waals surface area contributed by atoms with Crippen LogP contribution in [0, 0.1) is 6.92 Å². The van der Waals surface area contributed by atoms with Gasteiger partial charge in [-0.3, -0.25) is 4.79 Å². The lowest BCUT2D eigenvalue weighted by Crippen LogP contribution is -2.45. The Morgan fingerprint density at radius 3 is 2.65 bits per heavy atom. The van der Waals surface area contributed by atoms with Crippen LogP contribution in [0.5, 0.6) is 11.5 Å². The van der Waals surface area contributed by atoms with Crippen molar-refractivity contribution in [2.24, 2.45) is 0 Å². The summed E-state index contributed by atoms with van der Waals surface area (Å²) in [7, 11) is 2.10. The van der Waals surface area contributed by atoms with Crippen molar-refractivity contribution in [2.45, 2.75) is 6.92 Å². The number of nitrogens with one attached hydrogen (secondary N) is 1. The van der Waals surface area contributed by atoms with Gasteiger partial charge in [0.15, 0.2) is 11.5 Å². The van der Waals surface area contributed by atoms with Gasteiger partial charge >= 0.3 is 0 Å². The molecule has 1 aromatic heterocycles. The lowest BCUT2D eigenvalue weighted by atomic mass is 10.2. The maximum Gasteiger partial charge on any atom is 0.274 e. The van der Waals surface area contributed by atoms with Gasteiger partial charge in [-0.15, -0.1) is 0 Å². The van der Waals surface area contributed by atoms with Gasteiger partial charge < -0.3 is 24.6 Å². The Balaban J connectivity index is 1.52. The molecule has 1 fully saturated rings. The molecular formula is C18H21N5O3. The van der Waals surface area contributed by atoms with Gasteiger partial charge in [0.2, 0.25) is 6.79 Å². The van der Waals surface area contributed by atoms with E-state index in [1.54, 1.807) is 31.2 Å². The fourth-order valence-electron chi connectivity index (χ4n) is 3.04. The Hall–Kier alpha value is -2.87. The SMILES string of the molecule is Cc1nc(C(=O)Nc2ccc3c(c2)OCO3)cc(N2CCN(C)CC2)n1. The van der Waals surface area contributed by atoms with Crippen LogP contribution >= 0.6 is 0 Å². The van der Waals surface area contributed by atoms with Crippen LogP contribution in [-0.4, -0.2) is 60.8 Å². The molecule has 0 aliphatic carbocycles. The zero-order valence-electron chi connectivity index (χ0n) is 14.9. The molecule has 0 bridgehead atoms. The molecule has 136 valence electrons. The highest BCUT2D eigenvalue weighted by atomic mass is 16.7. The van der Waals surface area contributed by atoms with Crippen molar-refractivity contribution < 1.29 is 14.3 Å². The fourth-order valence-corrected chi connectivity index (χ4v) is 3.04. The van der Waals surface area contributed by atoms with Crippen LogP contribution in [0.3, 0.4) is 0 Å². The number of nitrogens with zero attached hydrogens (tertiary/aromatic N) is 4. The predicted molar refractivity (Wildman–Crippen MR) is 97.0 cm³/mol. The summed E-state index contributed by atoms with van der Waals surface area (Å²) in [6.45, 7) is 5.72. The second-order valence-electron chi connectivity index (χ2n) is 6.47. The standard InChI is InChI=1S/C18H21N5O3/c1-12-19-14(10-17(20-12)23-7-5-22(2)6-8-23)18(24)21-13-3-4-15-16(9-13)26-11-25-15/h3-4,9-10H,5-8,11H2,1-2H3,(H,21,24). The molecule has 0 saturated carbocycles. The van der Waals surface area contributed by atoms with Crippen LogP contribution in [-0.2, 0) is 0 Å². The molecule has 0 unspecified atom stereocenters. The molecule has 4 rings (SSSR count). The molecule has 1 aromatic carbocycles. The molecule has 2 aliphatic heterocycles. The molecule has 1 saturated heterocycles. The first-order chi connectivity index (χ1) is 12.6. The van der Waals surface area contributed by atoms with Crippen LogP contribution in [0.25, 0.3) is 0 Å². The van der Waals surface area contributed by atoms with Gasteiger partial charge in [0, 0.05) is 44.0 Å². The van der Waals surface area contributed by atoms with E-state index in [4.69, 9.17) is 9.47 Å². The van der Waals surface area contributed by atoms with Crippen molar-refractivity contribution in [3.8, 4) is 11.5 Å². The van der Waals surface area contributed by atoms with Crippen LogP contribution in [0.2, 0.25) is 0 Å². The molecule has 1 N–H and O–H groups in total. The lowest BCUT2D eigenvalue weighted by molar-refractivity contribution is 0.102. The second kappa shape index (κ2) is 6.80. The summed E-state index contributed by atoms with van der Waals surface area (Å²) in [5.74, 6) is 2.40. The number of anilines is 2. The highest BCUT2D eigenvalue weighted by molar-refractivity contribution is 6.03. The molecule has 8 heteroatoms. The molecule has 0 atom stereocenters. The summed E-state index contributed by atoms with van der Waals surface area (Å²) >= 11 is 0. The Morgan fingerprint density at radius 2 is 1.85 bits per heavy atom. The largest absolute Gasteiger partial charge is 0.454 e. The topological polar surface area (TPSA) is 79.8 Å². The van der Waals surface area contributed by atoms with E-state index in [9.17, 15) is 4.79 Å². The number of rotatable bonds is 3. The van der Waals surface area contributed by atoms with Crippen molar-refractivity contribution in [2.75, 3.05) is 50.2 Å². The van der Waals surface area contributed by atoms with E-state index in [1.165, 1.54) is 0 Å². The number of hydrogen-bond acceptors (Lipinski definition) is 7. The van der Waals surface area contributed by atoms with Crippen molar-refractivity contribution in [1.29, 1.82) is 0 Å². The smallest absolute Gasteiger partial charge is 0.274 e. The number of ether oxygens (including phenoxy) is 2. The Bertz CT molecular complexity index is 834. The molecular weight excluding hydrogens is 334 g/mol. The van der Waals surface area contributed by atoms with E-state index in [-0.39, 0.29) is 12.7 Å². The Morgan fingerprint density at radius 1 is 1.08 bits per heavy atom. The number of amides is 1. The van der Waals surface area contributed by atoms with E-state index >= 15 is 0 Å². The molecule has 0 radical (unpaired) electrons. The fraction of sp³-hybridized carbons (Fsp3) is 0.389. The summed E-state index contributed by atoms with van der Waals surface area (Å²) in [6, 6.07) is 7.05. The number of piperazine rings is 1. The number of carbonyl (C=O) groups is 1. The van der Waals surface area contributed by atoms with E-state index in [0.717, 1.165) is 32.0 Å². The maximum atomic E-state index is 12.7. The van der Waals surface area contributed by atoms with Gasteiger partial charge in [-0.05, 0) is 26.1 Å². The second-order valence-corrected chi connectivity index (χ2v) is 6.47. The first-order valence-electron chi connectivity index (χ1n) is 8.59. The van der Waals surface area contributed by atoms with E-state index in [2.05, 4.69) is 32.1 Å². The minimum absolute atomic E-state index is 0.201. The summed E-state index contributed by atoms with van der Waals surface area (Å²) in [5, 5.41) is 2.86. The van der Waals surface area contributed by atoms with Gasteiger partial charge in [-0.1, -0.05) is 0 Å². The average Bonchev–Trinajstić information content (AvgIpc) is 3.09. The zero-order chi connectivity index (χ0) is 18.1. The normalized spacial score (nSPS) is 16.6. The summed E-state index contributed by atoms with van der Waals surface area (Å²) in [6.07, 6.45) is 0. The summed E-state index contributed by atoms with van der Waals surface area (Å²) < 4.78 is 10.6. The van der Waals surface area contributed by atoms with Crippen molar-refractivity contribution in [1.82, 2.24) is 14.9 Å². The highest BCUT2D eigenvalue weighted by Gasteiger charge is 2.19. The first kappa shape index (κ1) is 16.6. The van der Waals surface area contributed by atoms with Crippen LogP contribution < -0.4 is 19.7 Å². The number of carbonyl (C=O) groups excluding carboxylic acids is 1. The first-order valence-corrected chi connectivity index (χ1v) is 8.59. The van der Waals surface area contributed by atoms with E-state index in [0.29, 0.717) is 28.7 Å². The predicted octanol–water partition coefficient (Wildman–Crippen LogP) is 1.52. The number of hydrogen-bond donors (Lipinski definition) is 1. The van der Waals surface area contributed by atoms with E-state index in [1.807, 2.05) is 0 Å². The zero-order valence-corrected chi connectivity index (χ0v) is 14.9. The van der Waals surface area contributed by atoms with Crippen LogP contribution in [0.15, 0.2) is 24.3 Å². The minimum Gasteiger partial charge on any atom is -0.454 e. The molecule has 3 heterocycles. The van der Waals surface area contributed by atoms with Crippen LogP contribution in [0.4, 0.5) is 11.5 Å². The molecule has 1 amide bonds. The van der Waals surface area contributed by atoms with E-state index < -0.39 is 0 Å². The quantitative estimate of drug-likeness (QED) is 0.894. The molecule has 2 aromatic rings. The number of aromatic nitrogens is 2. The van der Waals surface area contributed by atoms with Gasteiger partial charge in [0.25, 0.3) is 5.91 Å². The monoisotopic (exact) mass is 355 g/mol. The van der Waals surface area contributed by atoms with Gasteiger partial charge in [-0.25, -0.2) is 9.97 Å². The van der Waals surface area contributed by atoms with Crippen molar-refractivity contribution in [3.05, 3.63) is 35.8 Å². The number of benzene rings is 1. The Labute approximate surface area is 151 Å².